The Morgan fingerprint density at radius 1 is 1.29 bits per heavy atom. The van der Waals surface area contributed by atoms with Gasteiger partial charge in [-0.3, -0.25) is 4.79 Å². The maximum atomic E-state index is 13.2. The van der Waals surface area contributed by atoms with Crippen molar-refractivity contribution in [2.24, 2.45) is 23.2 Å². The van der Waals surface area contributed by atoms with Gasteiger partial charge in [0.05, 0.1) is 0 Å². The number of nitro groups is 1. The minimum Gasteiger partial charge on any atom is -0.475 e. The third-order valence-electron chi connectivity index (χ3n) is 6.16. The molecule has 4 aliphatic carbocycles. The van der Waals surface area contributed by atoms with E-state index in [9.17, 15) is 14.9 Å². The Labute approximate surface area is 140 Å². The Morgan fingerprint density at radius 3 is 2.42 bits per heavy atom. The van der Waals surface area contributed by atoms with Crippen LogP contribution in [0.4, 0.5) is 5.82 Å². The molecule has 128 valence electrons. The van der Waals surface area contributed by atoms with E-state index in [0.717, 1.165) is 19.3 Å². The predicted molar refractivity (Wildman–Crippen MR) is 86.6 cm³/mol. The molecule has 6 heteroatoms. The highest BCUT2D eigenvalue weighted by atomic mass is 16.6. The lowest BCUT2D eigenvalue weighted by molar-refractivity contribution is -0.390. The van der Waals surface area contributed by atoms with E-state index in [0.29, 0.717) is 17.8 Å². The van der Waals surface area contributed by atoms with Gasteiger partial charge in [-0.05, 0) is 85.2 Å². The van der Waals surface area contributed by atoms with Gasteiger partial charge in [0.15, 0.2) is 11.9 Å². The number of Topliss-reactive ketones (excluding diaryl/α,β-unsaturated/α-hetero) is 1. The van der Waals surface area contributed by atoms with Crippen molar-refractivity contribution < 1.29 is 14.5 Å². The molecule has 1 aromatic heterocycles. The predicted octanol–water partition coefficient (Wildman–Crippen LogP) is 3.54. The van der Waals surface area contributed by atoms with E-state index in [4.69, 9.17) is 4.74 Å². The Bertz CT molecular complexity index is 652. The van der Waals surface area contributed by atoms with Crippen molar-refractivity contribution in [3.63, 3.8) is 0 Å². The molecule has 0 N–H and O–H groups in total. The number of ketones is 1. The first-order chi connectivity index (χ1) is 11.5. The van der Waals surface area contributed by atoms with Crippen LogP contribution in [-0.4, -0.2) is 21.8 Å². The van der Waals surface area contributed by atoms with Gasteiger partial charge < -0.3 is 14.9 Å². The summed E-state index contributed by atoms with van der Waals surface area (Å²) in [5.74, 6) is 1.91. The molecule has 0 unspecified atom stereocenters. The van der Waals surface area contributed by atoms with Crippen molar-refractivity contribution in [1.82, 2.24) is 4.98 Å². The molecule has 1 atom stereocenters. The molecular weight excluding hydrogens is 308 g/mol. The monoisotopic (exact) mass is 330 g/mol. The summed E-state index contributed by atoms with van der Waals surface area (Å²) < 4.78 is 5.70. The van der Waals surface area contributed by atoms with E-state index in [-0.39, 0.29) is 22.8 Å². The van der Waals surface area contributed by atoms with Gasteiger partial charge in [-0.15, -0.1) is 0 Å². The maximum absolute atomic E-state index is 13.2. The Morgan fingerprint density at radius 2 is 1.88 bits per heavy atom. The first-order valence-corrected chi connectivity index (χ1v) is 8.77. The molecule has 1 heterocycles. The number of pyridine rings is 1. The van der Waals surface area contributed by atoms with Crippen LogP contribution in [0.5, 0.6) is 5.75 Å². The number of hydrogen-bond acceptors (Lipinski definition) is 5. The minimum atomic E-state index is -0.677. The van der Waals surface area contributed by atoms with Gasteiger partial charge in [-0.2, -0.15) is 0 Å². The zero-order chi connectivity index (χ0) is 16.9. The van der Waals surface area contributed by atoms with Gasteiger partial charge in [-0.1, -0.05) is 0 Å². The Balaban J connectivity index is 1.54. The summed E-state index contributed by atoms with van der Waals surface area (Å²) in [6.45, 7) is 1.72. The average molecular weight is 330 g/mol. The second kappa shape index (κ2) is 5.53. The highest BCUT2D eigenvalue weighted by molar-refractivity contribution is 5.89. The smallest absolute Gasteiger partial charge is 0.406 e. The summed E-state index contributed by atoms with van der Waals surface area (Å²) in [5, 5.41) is 11.1. The molecule has 0 spiro atoms. The van der Waals surface area contributed by atoms with Crippen molar-refractivity contribution in [3.8, 4) is 5.75 Å². The number of hydrogen-bond donors (Lipinski definition) is 0. The molecule has 0 radical (unpaired) electrons. The van der Waals surface area contributed by atoms with Crippen molar-refractivity contribution in [2.45, 2.75) is 51.6 Å². The zero-order valence-corrected chi connectivity index (χ0v) is 13.8. The summed E-state index contributed by atoms with van der Waals surface area (Å²) in [5.41, 5.74) is -0.259. The van der Waals surface area contributed by atoms with Gasteiger partial charge in [-0.25, -0.2) is 0 Å². The lowest BCUT2D eigenvalue weighted by atomic mass is 9.48. The molecule has 0 amide bonds. The van der Waals surface area contributed by atoms with Gasteiger partial charge >= 0.3 is 5.82 Å². The molecular formula is C18H22N2O4. The fourth-order valence-corrected chi connectivity index (χ4v) is 5.70. The number of ether oxygens (including phenoxy) is 1. The normalized spacial score (nSPS) is 34.8. The van der Waals surface area contributed by atoms with Gasteiger partial charge in [0.25, 0.3) is 0 Å². The molecule has 4 bridgehead atoms. The van der Waals surface area contributed by atoms with Crippen molar-refractivity contribution in [3.05, 3.63) is 28.4 Å². The first kappa shape index (κ1) is 15.5. The minimum absolute atomic E-state index is 0.0769. The molecule has 0 aromatic carbocycles. The lowest BCUT2D eigenvalue weighted by Crippen LogP contribution is -2.53. The Hall–Kier alpha value is -1.98. The second-order valence-electron chi connectivity index (χ2n) is 7.90. The van der Waals surface area contributed by atoms with Crippen LogP contribution in [0.3, 0.4) is 0 Å². The largest absolute Gasteiger partial charge is 0.475 e. The molecule has 4 aliphatic rings. The van der Waals surface area contributed by atoms with E-state index < -0.39 is 11.0 Å². The van der Waals surface area contributed by atoms with Crippen LogP contribution >= 0.6 is 0 Å². The van der Waals surface area contributed by atoms with E-state index in [2.05, 4.69) is 4.98 Å². The van der Waals surface area contributed by atoms with Crippen LogP contribution in [0, 0.1) is 33.3 Å². The number of nitrogens with zero attached hydrogens (tertiary/aromatic N) is 2. The summed E-state index contributed by atoms with van der Waals surface area (Å²) in [4.78, 5) is 27.4. The van der Waals surface area contributed by atoms with Crippen LogP contribution in [0.1, 0.15) is 45.4 Å². The molecule has 0 aliphatic heterocycles. The average Bonchev–Trinajstić information content (AvgIpc) is 2.53. The third kappa shape index (κ3) is 2.48. The quantitative estimate of drug-likeness (QED) is 0.609. The van der Waals surface area contributed by atoms with E-state index in [1.165, 1.54) is 31.5 Å². The number of carbonyl (C=O) groups is 1. The molecule has 6 nitrogen and oxygen atoms in total. The third-order valence-corrected chi connectivity index (χ3v) is 6.16. The van der Waals surface area contributed by atoms with Crippen molar-refractivity contribution >= 4 is 11.6 Å². The Kier molecular flexibility index (Phi) is 3.58. The van der Waals surface area contributed by atoms with Crippen molar-refractivity contribution in [2.75, 3.05) is 0 Å². The lowest BCUT2D eigenvalue weighted by Gasteiger charge is -2.56. The fraction of sp³-hybridized carbons (Fsp3) is 0.667. The van der Waals surface area contributed by atoms with Gasteiger partial charge in [0.2, 0.25) is 5.75 Å². The van der Waals surface area contributed by atoms with Crippen LogP contribution in [0.25, 0.3) is 0 Å². The van der Waals surface area contributed by atoms with Crippen LogP contribution < -0.4 is 4.74 Å². The van der Waals surface area contributed by atoms with Gasteiger partial charge in [0.1, 0.15) is 6.20 Å². The second-order valence-corrected chi connectivity index (χ2v) is 7.90. The standard InChI is InChI=1S/C18H22N2O4/c1-11(24-15-3-2-4-19-17(15)20(22)23)16(21)18-8-12-5-13(9-18)7-14(6-12)10-18/h2-4,11-14H,5-10H2,1H3/t11-,12?,13?,14?,18?/m0/s1. The number of aromatic nitrogens is 1. The van der Waals surface area contributed by atoms with Crippen LogP contribution in [-0.2, 0) is 4.79 Å². The van der Waals surface area contributed by atoms with Gasteiger partial charge in [0, 0.05) is 5.41 Å². The van der Waals surface area contributed by atoms with E-state index in [1.807, 2.05) is 0 Å². The molecule has 4 fully saturated rings. The number of carbonyl (C=O) groups excluding carboxylic acids is 1. The summed E-state index contributed by atoms with van der Waals surface area (Å²) in [6.07, 6.45) is 7.42. The highest BCUT2D eigenvalue weighted by Crippen LogP contribution is 2.60. The molecule has 4 saturated carbocycles. The molecule has 1 aromatic rings. The van der Waals surface area contributed by atoms with Crippen LogP contribution in [0.15, 0.2) is 18.3 Å². The summed E-state index contributed by atoms with van der Waals surface area (Å²) in [6, 6.07) is 3.10. The zero-order valence-electron chi connectivity index (χ0n) is 13.8. The van der Waals surface area contributed by atoms with Crippen LogP contribution in [0.2, 0.25) is 0 Å². The first-order valence-electron chi connectivity index (χ1n) is 8.77. The number of rotatable bonds is 5. The molecule has 5 rings (SSSR count). The summed E-state index contributed by atoms with van der Waals surface area (Å²) in [7, 11) is 0. The van der Waals surface area contributed by atoms with Crippen molar-refractivity contribution in [1.29, 1.82) is 0 Å². The van der Waals surface area contributed by atoms with E-state index >= 15 is 0 Å². The highest BCUT2D eigenvalue weighted by Gasteiger charge is 2.55. The maximum Gasteiger partial charge on any atom is 0.406 e. The fourth-order valence-electron chi connectivity index (χ4n) is 5.70. The molecule has 24 heavy (non-hydrogen) atoms. The van der Waals surface area contributed by atoms with E-state index in [1.54, 1.807) is 13.0 Å². The SMILES string of the molecule is C[C@H](Oc1cccnc1[N+](=O)[O-])C(=O)C12CC3CC(CC(C3)C1)C2. The topological polar surface area (TPSA) is 82.3 Å². The molecule has 0 saturated heterocycles. The summed E-state index contributed by atoms with van der Waals surface area (Å²) >= 11 is 0.